The number of nitrogens with zero attached hydrogens (tertiary/aromatic N) is 2. The molecule has 1 saturated heterocycles. The molecule has 1 N–H and O–H groups in total. The number of thioether (sulfide) groups is 1. The zero-order valence-corrected chi connectivity index (χ0v) is 12.5. The van der Waals surface area contributed by atoms with Crippen LogP contribution in [0, 0.1) is 0 Å². The van der Waals surface area contributed by atoms with Gasteiger partial charge in [0.05, 0.1) is 6.61 Å². The Hall–Kier alpha value is -0.300. The van der Waals surface area contributed by atoms with Gasteiger partial charge in [0.2, 0.25) is 0 Å². The van der Waals surface area contributed by atoms with E-state index in [9.17, 15) is 0 Å². The number of ether oxygens (including phenoxy) is 1. The van der Waals surface area contributed by atoms with Gasteiger partial charge < -0.3 is 15.0 Å². The molecule has 0 aromatic carbocycles. The quantitative estimate of drug-likeness (QED) is 0.808. The third-order valence-corrected chi connectivity index (χ3v) is 4.92. The first kappa shape index (κ1) is 14.1. The lowest BCUT2D eigenvalue weighted by molar-refractivity contribution is 0.199. The van der Waals surface area contributed by atoms with Gasteiger partial charge in [-0.2, -0.15) is 11.8 Å². The molecule has 6 heteroatoms. The molecule has 0 amide bonds. The molecule has 102 valence electrons. The van der Waals surface area contributed by atoms with Gasteiger partial charge in [-0.05, 0) is 12.2 Å². The number of hydrogen-bond acceptors (Lipinski definition) is 6. The van der Waals surface area contributed by atoms with Gasteiger partial charge in [-0.25, -0.2) is 4.98 Å². The van der Waals surface area contributed by atoms with Crippen LogP contribution < -0.4 is 10.2 Å². The first-order valence-corrected chi connectivity index (χ1v) is 8.34. The molecular weight excluding hydrogens is 266 g/mol. The van der Waals surface area contributed by atoms with Gasteiger partial charge >= 0.3 is 0 Å². The average molecular weight is 287 g/mol. The minimum atomic E-state index is 0.759. The minimum absolute atomic E-state index is 0.759. The smallest absolute Gasteiger partial charge is 0.185 e. The number of hydrogen-bond donors (Lipinski definition) is 1. The van der Waals surface area contributed by atoms with Crippen molar-refractivity contribution in [1.82, 2.24) is 10.3 Å². The largest absolute Gasteiger partial charge is 0.383 e. The van der Waals surface area contributed by atoms with E-state index >= 15 is 0 Å². The molecule has 1 fully saturated rings. The fourth-order valence-corrected chi connectivity index (χ4v) is 3.67. The first-order chi connectivity index (χ1) is 8.90. The number of methoxy groups -OCH3 is 1. The Bertz CT molecular complexity index is 338. The Morgan fingerprint density at radius 2 is 2.39 bits per heavy atom. The summed E-state index contributed by atoms with van der Waals surface area (Å²) >= 11 is 3.86. The van der Waals surface area contributed by atoms with E-state index in [-0.39, 0.29) is 0 Å². The van der Waals surface area contributed by atoms with Gasteiger partial charge in [0.15, 0.2) is 5.13 Å². The molecule has 0 aliphatic carbocycles. The first-order valence-electron chi connectivity index (χ1n) is 6.37. The van der Waals surface area contributed by atoms with Crippen LogP contribution in [-0.2, 0) is 11.3 Å². The second-order valence-electron chi connectivity index (χ2n) is 4.23. The Morgan fingerprint density at radius 1 is 1.44 bits per heavy atom. The Balaban J connectivity index is 1.81. The highest BCUT2D eigenvalue weighted by Crippen LogP contribution is 2.24. The molecule has 1 aromatic heterocycles. The van der Waals surface area contributed by atoms with Crippen molar-refractivity contribution in [2.45, 2.75) is 13.0 Å². The summed E-state index contributed by atoms with van der Waals surface area (Å²) in [5.41, 5.74) is 0. The molecule has 18 heavy (non-hydrogen) atoms. The van der Waals surface area contributed by atoms with E-state index in [1.54, 1.807) is 7.11 Å². The van der Waals surface area contributed by atoms with E-state index in [2.05, 4.69) is 15.2 Å². The van der Waals surface area contributed by atoms with Crippen molar-refractivity contribution in [2.75, 3.05) is 49.8 Å². The van der Waals surface area contributed by atoms with Crippen molar-refractivity contribution in [1.29, 1.82) is 0 Å². The van der Waals surface area contributed by atoms with Crippen molar-refractivity contribution >= 4 is 28.2 Å². The monoisotopic (exact) mass is 287 g/mol. The SMILES string of the molecule is COCCNCc1cnc(N2CCCSCC2)s1. The molecule has 0 atom stereocenters. The van der Waals surface area contributed by atoms with E-state index in [1.807, 2.05) is 29.3 Å². The Kier molecular flexibility index (Phi) is 6.26. The van der Waals surface area contributed by atoms with Crippen molar-refractivity contribution in [2.24, 2.45) is 0 Å². The fourth-order valence-electron chi connectivity index (χ4n) is 1.85. The molecule has 0 unspecified atom stereocenters. The maximum Gasteiger partial charge on any atom is 0.185 e. The van der Waals surface area contributed by atoms with Crippen LogP contribution in [0.15, 0.2) is 6.20 Å². The van der Waals surface area contributed by atoms with Gasteiger partial charge in [0, 0.05) is 50.1 Å². The molecule has 2 heterocycles. The number of thiazole rings is 1. The third kappa shape index (κ3) is 4.42. The lowest BCUT2D eigenvalue weighted by atomic mass is 10.4. The second-order valence-corrected chi connectivity index (χ2v) is 6.55. The molecule has 1 aliphatic rings. The standard InChI is InChI=1S/C12H21N3OS2/c1-16-6-3-13-9-11-10-14-12(18-11)15-4-2-7-17-8-5-15/h10,13H,2-9H2,1H3. The minimum Gasteiger partial charge on any atom is -0.383 e. The molecule has 4 nitrogen and oxygen atoms in total. The molecule has 2 rings (SSSR count). The van der Waals surface area contributed by atoms with Crippen LogP contribution in [0.5, 0.6) is 0 Å². The maximum atomic E-state index is 5.01. The van der Waals surface area contributed by atoms with Crippen LogP contribution in [-0.4, -0.2) is 49.8 Å². The van der Waals surface area contributed by atoms with Gasteiger partial charge in [-0.15, -0.1) is 11.3 Å². The lowest BCUT2D eigenvalue weighted by Crippen LogP contribution is -2.25. The summed E-state index contributed by atoms with van der Waals surface area (Å²) in [6, 6.07) is 0. The van der Waals surface area contributed by atoms with E-state index in [0.717, 1.165) is 32.8 Å². The van der Waals surface area contributed by atoms with Gasteiger partial charge in [0.1, 0.15) is 0 Å². The summed E-state index contributed by atoms with van der Waals surface area (Å²) in [4.78, 5) is 8.27. The predicted octanol–water partition coefficient (Wildman–Crippen LogP) is 1.82. The summed E-state index contributed by atoms with van der Waals surface area (Å²) in [5.74, 6) is 2.51. The fraction of sp³-hybridized carbons (Fsp3) is 0.750. The molecule has 0 saturated carbocycles. The van der Waals surface area contributed by atoms with E-state index in [1.165, 1.54) is 27.9 Å². The summed E-state index contributed by atoms with van der Waals surface area (Å²) in [5, 5.41) is 4.54. The molecule has 0 spiro atoms. The summed E-state index contributed by atoms with van der Waals surface area (Å²) in [6.07, 6.45) is 3.27. The summed E-state index contributed by atoms with van der Waals surface area (Å²) in [6.45, 7) is 4.83. The van der Waals surface area contributed by atoms with Crippen LogP contribution in [0.2, 0.25) is 0 Å². The zero-order chi connectivity index (χ0) is 12.6. The van der Waals surface area contributed by atoms with E-state index in [0.29, 0.717) is 0 Å². The second kappa shape index (κ2) is 7.99. The number of rotatable bonds is 6. The molecule has 1 aromatic rings. The maximum absolute atomic E-state index is 5.01. The average Bonchev–Trinajstić information content (AvgIpc) is 2.69. The molecular formula is C12H21N3OS2. The Morgan fingerprint density at radius 3 is 3.28 bits per heavy atom. The van der Waals surface area contributed by atoms with Crippen molar-refractivity contribution in [3.8, 4) is 0 Å². The van der Waals surface area contributed by atoms with Crippen LogP contribution in [0.25, 0.3) is 0 Å². The van der Waals surface area contributed by atoms with Crippen LogP contribution in [0.4, 0.5) is 5.13 Å². The molecule has 1 aliphatic heterocycles. The normalized spacial score (nSPS) is 16.8. The van der Waals surface area contributed by atoms with E-state index < -0.39 is 0 Å². The van der Waals surface area contributed by atoms with Crippen molar-refractivity contribution < 1.29 is 4.74 Å². The topological polar surface area (TPSA) is 37.4 Å². The Labute approximate surface area is 117 Å². The highest BCUT2D eigenvalue weighted by molar-refractivity contribution is 7.99. The zero-order valence-electron chi connectivity index (χ0n) is 10.9. The van der Waals surface area contributed by atoms with Gasteiger partial charge in [-0.3, -0.25) is 0 Å². The number of anilines is 1. The highest BCUT2D eigenvalue weighted by Gasteiger charge is 2.13. The van der Waals surface area contributed by atoms with E-state index in [4.69, 9.17) is 4.74 Å². The number of nitrogens with one attached hydrogen (secondary N) is 1. The van der Waals surface area contributed by atoms with Gasteiger partial charge in [-0.1, -0.05) is 0 Å². The van der Waals surface area contributed by atoms with Crippen molar-refractivity contribution in [3.05, 3.63) is 11.1 Å². The predicted molar refractivity (Wildman–Crippen MR) is 79.9 cm³/mol. The van der Waals surface area contributed by atoms with Crippen molar-refractivity contribution in [3.63, 3.8) is 0 Å². The van der Waals surface area contributed by atoms with Crippen LogP contribution in [0.1, 0.15) is 11.3 Å². The van der Waals surface area contributed by atoms with Crippen LogP contribution in [0.3, 0.4) is 0 Å². The molecule has 0 radical (unpaired) electrons. The van der Waals surface area contributed by atoms with Gasteiger partial charge in [0.25, 0.3) is 0 Å². The molecule has 0 bridgehead atoms. The number of aromatic nitrogens is 1. The third-order valence-electron chi connectivity index (χ3n) is 2.82. The lowest BCUT2D eigenvalue weighted by Gasteiger charge is -2.18. The summed E-state index contributed by atoms with van der Waals surface area (Å²) in [7, 11) is 1.73. The van der Waals surface area contributed by atoms with Crippen LogP contribution >= 0.6 is 23.1 Å². The highest BCUT2D eigenvalue weighted by atomic mass is 32.2. The summed E-state index contributed by atoms with van der Waals surface area (Å²) < 4.78 is 5.01.